The first kappa shape index (κ1) is 8.72. The van der Waals surface area contributed by atoms with Crippen LogP contribution < -0.4 is 0 Å². The molecule has 86 valence electrons. The molecule has 6 saturated carbocycles. The lowest BCUT2D eigenvalue weighted by Gasteiger charge is -3.11. The minimum Gasteiger partial charge on any atom is -0.299 e. The van der Waals surface area contributed by atoms with Gasteiger partial charge in [-0.3, -0.25) is 4.79 Å². The van der Waals surface area contributed by atoms with Gasteiger partial charge in [-0.2, -0.15) is 0 Å². The van der Waals surface area contributed by atoms with Gasteiger partial charge >= 0.3 is 0 Å². The van der Waals surface area contributed by atoms with Crippen LogP contribution in [0.3, 0.4) is 0 Å². The normalized spacial score (nSPS) is 69.5. The van der Waals surface area contributed by atoms with Crippen molar-refractivity contribution in [3.05, 3.63) is 0 Å². The minimum absolute atomic E-state index is 0.299. The third kappa shape index (κ3) is 0.416. The van der Waals surface area contributed by atoms with E-state index in [2.05, 4.69) is 20.8 Å². The van der Waals surface area contributed by atoms with Gasteiger partial charge in [0.25, 0.3) is 0 Å². The first-order chi connectivity index (χ1) is 7.63. The SMILES string of the molecule is CCC(=O)C12C3C4C1C1C2C3C41CC(C)C. The van der Waals surface area contributed by atoms with E-state index in [1.54, 1.807) is 0 Å². The molecule has 0 amide bonds. The quantitative estimate of drug-likeness (QED) is 0.706. The zero-order chi connectivity index (χ0) is 11.0. The van der Waals surface area contributed by atoms with Crippen molar-refractivity contribution in [2.24, 2.45) is 52.3 Å². The maximum absolute atomic E-state index is 12.1. The molecule has 6 aliphatic carbocycles. The van der Waals surface area contributed by atoms with Crippen molar-refractivity contribution < 1.29 is 4.79 Å². The van der Waals surface area contributed by atoms with Gasteiger partial charge in [0.15, 0.2) is 0 Å². The molecule has 0 unspecified atom stereocenters. The number of carbonyl (C=O) groups excluding carboxylic acids is 1. The molecule has 0 atom stereocenters. The van der Waals surface area contributed by atoms with Gasteiger partial charge in [-0.05, 0) is 53.3 Å². The first-order valence-electron chi connectivity index (χ1n) is 7.16. The second-order valence-corrected chi connectivity index (χ2v) is 7.57. The summed E-state index contributed by atoms with van der Waals surface area (Å²) in [5.41, 5.74) is 1.09. The Morgan fingerprint density at radius 1 is 1.06 bits per heavy atom. The molecule has 6 rings (SSSR count). The second-order valence-electron chi connectivity index (χ2n) is 7.57. The highest BCUT2D eigenvalue weighted by atomic mass is 16.1. The summed E-state index contributed by atoms with van der Waals surface area (Å²) in [7, 11) is 0. The van der Waals surface area contributed by atoms with Crippen LogP contribution in [0.15, 0.2) is 0 Å². The van der Waals surface area contributed by atoms with Crippen LogP contribution in [0.5, 0.6) is 0 Å². The first-order valence-corrected chi connectivity index (χ1v) is 7.16. The predicted molar refractivity (Wildman–Crippen MR) is 60.6 cm³/mol. The Morgan fingerprint density at radius 3 is 1.94 bits per heavy atom. The molecule has 0 aliphatic heterocycles. The van der Waals surface area contributed by atoms with Crippen LogP contribution in [0.2, 0.25) is 0 Å². The summed E-state index contributed by atoms with van der Waals surface area (Å²) < 4.78 is 0. The van der Waals surface area contributed by atoms with Gasteiger partial charge < -0.3 is 0 Å². The smallest absolute Gasteiger partial charge is 0.139 e. The number of ketones is 1. The molecular weight excluding hydrogens is 196 g/mol. The molecule has 6 aliphatic rings. The molecule has 0 heterocycles. The molecule has 0 bridgehead atoms. The highest BCUT2D eigenvalue weighted by molar-refractivity contribution is 5.93. The van der Waals surface area contributed by atoms with Crippen molar-refractivity contribution in [1.82, 2.24) is 0 Å². The number of rotatable bonds is 4. The van der Waals surface area contributed by atoms with Gasteiger partial charge in [0.05, 0.1) is 0 Å². The maximum atomic E-state index is 12.1. The Labute approximate surface area is 97.0 Å². The zero-order valence-corrected chi connectivity index (χ0v) is 10.4. The second kappa shape index (κ2) is 1.93. The maximum Gasteiger partial charge on any atom is 0.139 e. The fourth-order valence-electron chi connectivity index (χ4n) is 7.73. The van der Waals surface area contributed by atoms with Crippen molar-refractivity contribution in [2.45, 2.75) is 33.6 Å². The fourth-order valence-corrected chi connectivity index (χ4v) is 7.73. The van der Waals surface area contributed by atoms with E-state index in [0.717, 1.165) is 53.3 Å². The summed E-state index contributed by atoms with van der Waals surface area (Å²) in [6.07, 6.45) is 2.26. The van der Waals surface area contributed by atoms with E-state index in [0.29, 0.717) is 11.2 Å². The third-order valence-corrected chi connectivity index (χ3v) is 7.40. The highest BCUT2D eigenvalue weighted by Gasteiger charge is 3.10. The highest BCUT2D eigenvalue weighted by Crippen LogP contribution is 3.11. The van der Waals surface area contributed by atoms with Crippen LogP contribution in [0.4, 0.5) is 0 Å². The van der Waals surface area contributed by atoms with Crippen LogP contribution in [-0.2, 0) is 4.79 Å². The molecule has 0 radical (unpaired) electrons. The lowest BCUT2D eigenvalue weighted by atomic mass is 8.91. The van der Waals surface area contributed by atoms with Crippen molar-refractivity contribution in [1.29, 1.82) is 0 Å². The lowest BCUT2D eigenvalue weighted by molar-refractivity contribution is -0.643. The van der Waals surface area contributed by atoms with E-state index >= 15 is 0 Å². The van der Waals surface area contributed by atoms with Gasteiger partial charge in [0.2, 0.25) is 0 Å². The van der Waals surface area contributed by atoms with E-state index in [1.165, 1.54) is 6.42 Å². The van der Waals surface area contributed by atoms with Crippen LogP contribution >= 0.6 is 0 Å². The lowest BCUT2D eigenvalue weighted by Crippen LogP contribution is -3.10. The molecule has 0 saturated heterocycles. The molecule has 0 spiro atoms. The van der Waals surface area contributed by atoms with Gasteiger partial charge in [0.1, 0.15) is 5.78 Å². The minimum atomic E-state index is 0.299. The number of carbonyl (C=O) groups is 1. The summed E-state index contributed by atoms with van der Waals surface area (Å²) in [6, 6.07) is 0. The van der Waals surface area contributed by atoms with Gasteiger partial charge in [-0.25, -0.2) is 0 Å². The van der Waals surface area contributed by atoms with Gasteiger partial charge in [-0.15, -0.1) is 0 Å². The zero-order valence-electron chi connectivity index (χ0n) is 10.4. The Hall–Kier alpha value is -0.330. The van der Waals surface area contributed by atoms with Crippen molar-refractivity contribution in [2.75, 3.05) is 0 Å². The Bertz CT molecular complexity index is 379. The summed E-state index contributed by atoms with van der Waals surface area (Å²) in [6.45, 7) is 6.80. The Morgan fingerprint density at radius 2 is 1.56 bits per heavy atom. The number of hydrogen-bond acceptors (Lipinski definition) is 1. The third-order valence-electron chi connectivity index (χ3n) is 7.40. The molecule has 0 aromatic heterocycles. The summed E-state index contributed by atoms with van der Waals surface area (Å²) >= 11 is 0. The summed E-state index contributed by atoms with van der Waals surface area (Å²) in [4.78, 5) is 12.1. The molecule has 0 N–H and O–H groups in total. The molecular formula is C15H20O. The fraction of sp³-hybridized carbons (Fsp3) is 0.933. The van der Waals surface area contributed by atoms with E-state index in [4.69, 9.17) is 0 Å². The molecule has 0 aromatic carbocycles. The van der Waals surface area contributed by atoms with Crippen molar-refractivity contribution >= 4 is 5.78 Å². The monoisotopic (exact) mass is 216 g/mol. The number of hydrogen-bond donors (Lipinski definition) is 0. The van der Waals surface area contributed by atoms with Crippen molar-refractivity contribution in [3.63, 3.8) is 0 Å². The predicted octanol–water partition coefficient (Wildman–Crippen LogP) is 2.75. The Kier molecular flexibility index (Phi) is 1.05. The molecule has 6 fully saturated rings. The van der Waals surface area contributed by atoms with Crippen LogP contribution in [0.25, 0.3) is 0 Å². The van der Waals surface area contributed by atoms with E-state index in [1.807, 2.05) is 0 Å². The molecule has 0 aromatic rings. The van der Waals surface area contributed by atoms with Crippen LogP contribution in [0.1, 0.15) is 33.6 Å². The average molecular weight is 216 g/mol. The molecule has 1 nitrogen and oxygen atoms in total. The average Bonchev–Trinajstić information content (AvgIpc) is 2.28. The number of Topliss-reactive ketones (excluding diaryl/α,β-unsaturated/α-hetero) is 1. The standard InChI is InChI=1S/C15H20O/c1-4-7(16)15-11-8-12(15)10-13(15)9(11)14(8,10)5-6(2)3/h6,8-13H,4-5H2,1-3H3. The van der Waals surface area contributed by atoms with Gasteiger partial charge in [0, 0.05) is 11.8 Å². The largest absolute Gasteiger partial charge is 0.299 e. The van der Waals surface area contributed by atoms with E-state index in [9.17, 15) is 4.79 Å². The molecule has 16 heavy (non-hydrogen) atoms. The van der Waals surface area contributed by atoms with Gasteiger partial charge in [-0.1, -0.05) is 20.8 Å². The summed E-state index contributed by atoms with van der Waals surface area (Å²) in [5.74, 6) is 7.22. The molecule has 1 heteroatoms. The topological polar surface area (TPSA) is 17.1 Å². The van der Waals surface area contributed by atoms with Crippen LogP contribution in [0, 0.1) is 52.3 Å². The van der Waals surface area contributed by atoms with Crippen LogP contribution in [-0.4, -0.2) is 5.78 Å². The van der Waals surface area contributed by atoms with E-state index < -0.39 is 0 Å². The van der Waals surface area contributed by atoms with Crippen molar-refractivity contribution in [3.8, 4) is 0 Å². The summed E-state index contributed by atoms with van der Waals surface area (Å²) in [5, 5.41) is 0. The Balaban J connectivity index is 1.48. The van der Waals surface area contributed by atoms with E-state index in [-0.39, 0.29) is 0 Å².